The molecular weight excluding hydrogens is 204 g/mol. The summed E-state index contributed by atoms with van der Waals surface area (Å²) in [6, 6.07) is 9.46. The van der Waals surface area contributed by atoms with Gasteiger partial charge in [-0.25, -0.2) is 5.06 Å². The van der Waals surface area contributed by atoms with E-state index in [0.29, 0.717) is 5.56 Å². The van der Waals surface area contributed by atoms with Crippen LogP contribution in [0, 0.1) is 0 Å². The van der Waals surface area contributed by atoms with E-state index >= 15 is 0 Å². The molecule has 0 aliphatic heterocycles. The first-order valence-corrected chi connectivity index (χ1v) is 4.89. The molecule has 2 aromatic rings. The maximum absolute atomic E-state index is 11.8. The fraction of sp³-hybridized carbons (Fsp3) is 0.167. The molecule has 0 saturated carbocycles. The molecule has 0 fully saturated rings. The lowest BCUT2D eigenvalue weighted by atomic mass is 10.1. The number of benzene rings is 1. The van der Waals surface area contributed by atoms with Crippen molar-refractivity contribution in [3.8, 4) is 0 Å². The molecule has 0 spiro atoms. The van der Waals surface area contributed by atoms with Crippen molar-refractivity contribution in [3.05, 3.63) is 42.1 Å². The Bertz CT molecular complexity index is 525. The normalized spacial score (nSPS) is 10.4. The molecule has 0 atom stereocenters. The Hall–Kier alpha value is -1.94. The van der Waals surface area contributed by atoms with Crippen LogP contribution in [0.4, 0.5) is 0 Å². The van der Waals surface area contributed by atoms with Crippen LogP contribution in [0.3, 0.4) is 0 Å². The van der Waals surface area contributed by atoms with Crippen molar-refractivity contribution in [3.63, 3.8) is 0 Å². The predicted molar refractivity (Wildman–Crippen MR) is 60.8 cm³/mol. The average molecular weight is 216 g/mol. The number of hydrogen-bond acceptors (Lipinski definition) is 3. The summed E-state index contributed by atoms with van der Waals surface area (Å²) in [6.45, 7) is 0. The number of fused-ring (bicyclic) bond motifs is 1. The Morgan fingerprint density at radius 3 is 2.88 bits per heavy atom. The molecule has 0 unspecified atom stereocenters. The molecule has 1 aromatic heterocycles. The zero-order valence-electron chi connectivity index (χ0n) is 9.18. The van der Waals surface area contributed by atoms with Crippen molar-refractivity contribution in [1.82, 2.24) is 10.0 Å². The van der Waals surface area contributed by atoms with Crippen LogP contribution in [-0.4, -0.2) is 30.1 Å². The second-order valence-electron chi connectivity index (χ2n) is 3.40. The van der Waals surface area contributed by atoms with E-state index in [4.69, 9.17) is 4.84 Å². The molecule has 1 heterocycles. The van der Waals surface area contributed by atoms with E-state index in [1.807, 2.05) is 24.3 Å². The van der Waals surface area contributed by atoms with E-state index in [-0.39, 0.29) is 5.91 Å². The van der Waals surface area contributed by atoms with Crippen molar-refractivity contribution in [2.75, 3.05) is 14.2 Å². The molecule has 4 nitrogen and oxygen atoms in total. The number of carbonyl (C=O) groups excluding carboxylic acids is 1. The molecule has 4 heteroatoms. The minimum absolute atomic E-state index is 0.208. The van der Waals surface area contributed by atoms with Gasteiger partial charge in [-0.2, -0.15) is 0 Å². The quantitative estimate of drug-likeness (QED) is 0.720. The van der Waals surface area contributed by atoms with Crippen molar-refractivity contribution >= 4 is 16.8 Å². The minimum atomic E-state index is -0.208. The van der Waals surface area contributed by atoms with Gasteiger partial charge in [-0.05, 0) is 12.1 Å². The van der Waals surface area contributed by atoms with Gasteiger partial charge in [-0.1, -0.05) is 18.2 Å². The van der Waals surface area contributed by atoms with E-state index in [0.717, 1.165) is 10.9 Å². The number of carbonyl (C=O) groups is 1. The third-order valence-electron chi connectivity index (χ3n) is 2.40. The minimum Gasteiger partial charge on any atom is -0.274 e. The molecule has 0 N–H and O–H groups in total. The molecule has 82 valence electrons. The van der Waals surface area contributed by atoms with Crippen LogP contribution in [0.15, 0.2) is 36.5 Å². The molecule has 1 amide bonds. The molecule has 0 aliphatic carbocycles. The zero-order valence-corrected chi connectivity index (χ0v) is 9.18. The largest absolute Gasteiger partial charge is 0.278 e. The van der Waals surface area contributed by atoms with Crippen molar-refractivity contribution in [1.29, 1.82) is 0 Å². The van der Waals surface area contributed by atoms with Crippen molar-refractivity contribution in [2.45, 2.75) is 0 Å². The molecule has 0 radical (unpaired) electrons. The zero-order chi connectivity index (χ0) is 11.5. The van der Waals surface area contributed by atoms with Crippen LogP contribution >= 0.6 is 0 Å². The summed E-state index contributed by atoms with van der Waals surface area (Å²) in [5.74, 6) is -0.208. The number of aromatic nitrogens is 1. The first kappa shape index (κ1) is 10.6. The lowest BCUT2D eigenvalue weighted by molar-refractivity contribution is -0.0757. The number of para-hydroxylation sites is 1. The highest BCUT2D eigenvalue weighted by molar-refractivity contribution is 5.96. The summed E-state index contributed by atoms with van der Waals surface area (Å²) < 4.78 is 0. The third kappa shape index (κ3) is 1.87. The second kappa shape index (κ2) is 4.28. The van der Waals surface area contributed by atoms with Crippen LogP contribution in [0.2, 0.25) is 0 Å². The molecular formula is C12H12N2O2. The summed E-state index contributed by atoms with van der Waals surface area (Å²) in [7, 11) is 3.02. The summed E-state index contributed by atoms with van der Waals surface area (Å²) >= 11 is 0. The third-order valence-corrected chi connectivity index (χ3v) is 2.40. The molecule has 1 aromatic carbocycles. The molecule has 2 rings (SSSR count). The van der Waals surface area contributed by atoms with Gasteiger partial charge in [0.25, 0.3) is 5.91 Å². The average Bonchev–Trinajstić information content (AvgIpc) is 2.36. The number of hydroxylamine groups is 2. The van der Waals surface area contributed by atoms with E-state index < -0.39 is 0 Å². The highest BCUT2D eigenvalue weighted by Crippen LogP contribution is 2.13. The molecule has 0 aliphatic rings. The van der Waals surface area contributed by atoms with Gasteiger partial charge in [-0.15, -0.1) is 0 Å². The highest BCUT2D eigenvalue weighted by Gasteiger charge is 2.11. The van der Waals surface area contributed by atoms with Gasteiger partial charge in [0.05, 0.1) is 18.2 Å². The van der Waals surface area contributed by atoms with Gasteiger partial charge >= 0.3 is 0 Å². The number of nitrogens with zero attached hydrogens (tertiary/aromatic N) is 2. The van der Waals surface area contributed by atoms with E-state index in [1.165, 1.54) is 12.2 Å². The summed E-state index contributed by atoms with van der Waals surface area (Å²) in [4.78, 5) is 20.8. The number of pyridine rings is 1. The van der Waals surface area contributed by atoms with Crippen LogP contribution < -0.4 is 0 Å². The Morgan fingerprint density at radius 1 is 1.38 bits per heavy atom. The van der Waals surface area contributed by atoms with Crippen LogP contribution in [0.25, 0.3) is 10.9 Å². The molecule has 0 bridgehead atoms. The Morgan fingerprint density at radius 2 is 2.12 bits per heavy atom. The number of amides is 1. The van der Waals surface area contributed by atoms with Gasteiger partial charge < -0.3 is 0 Å². The maximum atomic E-state index is 11.8. The first-order valence-electron chi connectivity index (χ1n) is 4.89. The molecule has 16 heavy (non-hydrogen) atoms. The smallest absolute Gasteiger partial charge is 0.274 e. The highest BCUT2D eigenvalue weighted by atomic mass is 16.7. The first-order chi connectivity index (χ1) is 7.72. The second-order valence-corrected chi connectivity index (χ2v) is 3.40. The maximum Gasteiger partial charge on any atom is 0.278 e. The SMILES string of the molecule is CON(C)C(=O)c1cnc2ccccc2c1. The monoisotopic (exact) mass is 216 g/mol. The number of rotatable bonds is 2. The number of hydrogen-bond donors (Lipinski definition) is 0. The Kier molecular flexibility index (Phi) is 2.83. The van der Waals surface area contributed by atoms with E-state index in [9.17, 15) is 4.79 Å². The van der Waals surface area contributed by atoms with Gasteiger partial charge in [0.15, 0.2) is 0 Å². The lowest BCUT2D eigenvalue weighted by Crippen LogP contribution is -2.25. The summed E-state index contributed by atoms with van der Waals surface area (Å²) in [5, 5.41) is 2.11. The van der Waals surface area contributed by atoms with Crippen molar-refractivity contribution in [2.24, 2.45) is 0 Å². The van der Waals surface area contributed by atoms with Crippen LogP contribution in [0.5, 0.6) is 0 Å². The molecule has 0 saturated heterocycles. The predicted octanol–water partition coefficient (Wildman–Crippen LogP) is 1.87. The summed E-state index contributed by atoms with van der Waals surface area (Å²) in [5.41, 5.74) is 1.39. The van der Waals surface area contributed by atoms with Gasteiger partial charge in [0.1, 0.15) is 0 Å². The fourth-order valence-electron chi connectivity index (χ4n) is 1.45. The van der Waals surface area contributed by atoms with Crippen LogP contribution in [-0.2, 0) is 4.84 Å². The summed E-state index contributed by atoms with van der Waals surface area (Å²) in [6.07, 6.45) is 1.56. The lowest BCUT2D eigenvalue weighted by Gasteiger charge is -2.13. The Labute approximate surface area is 93.4 Å². The Balaban J connectivity index is 2.43. The standard InChI is InChI=1S/C12H12N2O2/c1-14(16-2)12(15)10-7-9-5-3-4-6-11(9)13-8-10/h3-8H,1-2H3. The topological polar surface area (TPSA) is 42.4 Å². The van der Waals surface area contributed by atoms with Crippen LogP contribution in [0.1, 0.15) is 10.4 Å². The van der Waals surface area contributed by atoms with E-state index in [2.05, 4.69) is 4.98 Å². The van der Waals surface area contributed by atoms with Crippen molar-refractivity contribution < 1.29 is 9.63 Å². The van der Waals surface area contributed by atoms with Gasteiger partial charge in [-0.3, -0.25) is 14.6 Å². The fourth-order valence-corrected chi connectivity index (χ4v) is 1.45. The van der Waals surface area contributed by atoms with E-state index in [1.54, 1.807) is 19.3 Å². The van der Waals surface area contributed by atoms with Gasteiger partial charge in [0, 0.05) is 18.6 Å². The van der Waals surface area contributed by atoms with Gasteiger partial charge in [0.2, 0.25) is 0 Å².